The summed E-state index contributed by atoms with van der Waals surface area (Å²) >= 11 is 0. The third kappa shape index (κ3) is 3.77. The van der Waals surface area contributed by atoms with Gasteiger partial charge in [-0.15, -0.1) is 0 Å². The average Bonchev–Trinajstić information content (AvgIpc) is 3.63. The Morgan fingerprint density at radius 3 is 1.77 bits per heavy atom. The third-order valence-electron chi connectivity index (χ3n) is 8.62. The molecule has 8 rings (SSSR count). The number of fused-ring (bicyclic) bond motifs is 4. The topological polar surface area (TPSA) is 47.3 Å². The molecular formula is C39H28N2O2. The standard InChI is InChI=1S/C39H28N2O2/c1-43-28-22-23-33(36(24-28)41-25-40-34-20-8-9-21-35(34)41)39(42)37-29(26-12-4-2-5-13-26)16-10-18-31(37)32-19-11-17-30(38(32)39)27-14-6-3-7-15-27/h2-25,42H,1H3. The molecule has 1 aliphatic rings. The molecule has 206 valence electrons. The number of aliphatic hydroxyl groups is 1. The van der Waals surface area contributed by atoms with Crippen molar-refractivity contribution in [3.8, 4) is 44.8 Å². The maximum Gasteiger partial charge on any atom is 0.144 e. The average molecular weight is 557 g/mol. The summed E-state index contributed by atoms with van der Waals surface area (Å²) in [6, 6.07) is 47.3. The van der Waals surface area contributed by atoms with Crippen LogP contribution in [0.1, 0.15) is 16.7 Å². The van der Waals surface area contributed by atoms with Crippen molar-refractivity contribution < 1.29 is 9.84 Å². The number of aromatic nitrogens is 2. The molecule has 0 unspecified atom stereocenters. The maximum atomic E-state index is 13.7. The van der Waals surface area contributed by atoms with Crippen molar-refractivity contribution >= 4 is 11.0 Å². The summed E-state index contributed by atoms with van der Waals surface area (Å²) in [6.45, 7) is 0. The number of ether oxygens (including phenoxy) is 1. The molecule has 0 radical (unpaired) electrons. The molecule has 0 aliphatic heterocycles. The second-order valence-corrected chi connectivity index (χ2v) is 10.9. The van der Waals surface area contributed by atoms with Gasteiger partial charge in [0.2, 0.25) is 0 Å². The van der Waals surface area contributed by atoms with Gasteiger partial charge in [0.05, 0.1) is 23.8 Å². The molecule has 6 aromatic carbocycles. The van der Waals surface area contributed by atoms with Crippen molar-refractivity contribution in [1.82, 2.24) is 9.55 Å². The Morgan fingerprint density at radius 1 is 0.605 bits per heavy atom. The van der Waals surface area contributed by atoms with Gasteiger partial charge in [-0.25, -0.2) is 4.98 Å². The fraction of sp³-hybridized carbons (Fsp3) is 0.0513. The van der Waals surface area contributed by atoms with Gasteiger partial charge in [-0.3, -0.25) is 4.57 Å². The predicted molar refractivity (Wildman–Crippen MR) is 172 cm³/mol. The molecule has 7 aromatic rings. The van der Waals surface area contributed by atoms with Crippen LogP contribution in [0.5, 0.6) is 5.75 Å². The fourth-order valence-corrected chi connectivity index (χ4v) is 6.74. The molecule has 1 heterocycles. The molecule has 0 amide bonds. The summed E-state index contributed by atoms with van der Waals surface area (Å²) in [6.07, 6.45) is 1.83. The first-order valence-corrected chi connectivity index (χ1v) is 14.4. The van der Waals surface area contributed by atoms with E-state index in [0.717, 1.165) is 66.8 Å². The van der Waals surface area contributed by atoms with Crippen LogP contribution in [-0.2, 0) is 5.60 Å². The predicted octanol–water partition coefficient (Wildman–Crippen LogP) is 8.63. The molecule has 43 heavy (non-hydrogen) atoms. The minimum Gasteiger partial charge on any atom is -0.497 e. The number of methoxy groups -OCH3 is 1. The van der Waals surface area contributed by atoms with Crippen molar-refractivity contribution in [1.29, 1.82) is 0 Å². The Morgan fingerprint density at radius 2 is 1.16 bits per heavy atom. The molecule has 0 spiro atoms. The largest absolute Gasteiger partial charge is 0.497 e. The maximum absolute atomic E-state index is 13.7. The molecule has 1 aromatic heterocycles. The van der Waals surface area contributed by atoms with E-state index < -0.39 is 5.60 Å². The zero-order chi connectivity index (χ0) is 29.0. The minimum atomic E-state index is -1.50. The van der Waals surface area contributed by atoms with Crippen LogP contribution < -0.4 is 4.74 Å². The van der Waals surface area contributed by atoms with E-state index in [1.165, 1.54) is 0 Å². The van der Waals surface area contributed by atoms with Crippen LogP contribution in [0.3, 0.4) is 0 Å². The molecule has 0 saturated carbocycles. The summed E-state index contributed by atoms with van der Waals surface area (Å²) in [5.41, 5.74) is 9.76. The van der Waals surface area contributed by atoms with E-state index in [2.05, 4.69) is 71.3 Å². The zero-order valence-corrected chi connectivity index (χ0v) is 23.6. The van der Waals surface area contributed by atoms with Crippen LogP contribution in [0.4, 0.5) is 0 Å². The first-order valence-electron chi connectivity index (χ1n) is 14.4. The minimum absolute atomic E-state index is 0.700. The lowest BCUT2D eigenvalue weighted by atomic mass is 9.77. The third-order valence-corrected chi connectivity index (χ3v) is 8.62. The number of nitrogens with zero attached hydrogens (tertiary/aromatic N) is 2. The van der Waals surface area contributed by atoms with E-state index in [-0.39, 0.29) is 0 Å². The molecule has 0 fully saturated rings. The summed E-state index contributed by atoms with van der Waals surface area (Å²) in [7, 11) is 1.67. The van der Waals surface area contributed by atoms with Gasteiger partial charge >= 0.3 is 0 Å². The lowest BCUT2D eigenvalue weighted by molar-refractivity contribution is 0.131. The van der Waals surface area contributed by atoms with E-state index in [9.17, 15) is 5.11 Å². The Bertz CT molecular complexity index is 2040. The van der Waals surface area contributed by atoms with Crippen LogP contribution in [0.15, 0.2) is 146 Å². The highest BCUT2D eigenvalue weighted by molar-refractivity contribution is 5.94. The van der Waals surface area contributed by atoms with Gasteiger partial charge in [0.25, 0.3) is 0 Å². The monoisotopic (exact) mass is 556 g/mol. The number of imidazole rings is 1. The lowest BCUT2D eigenvalue weighted by Gasteiger charge is -2.32. The van der Waals surface area contributed by atoms with Crippen molar-refractivity contribution in [3.05, 3.63) is 163 Å². The summed E-state index contributed by atoms with van der Waals surface area (Å²) < 4.78 is 7.78. The van der Waals surface area contributed by atoms with Gasteiger partial charge < -0.3 is 9.84 Å². The normalized spacial score (nSPS) is 13.1. The Hall–Kier alpha value is -5.45. The number of hydrogen-bond donors (Lipinski definition) is 1. The second kappa shape index (κ2) is 9.83. The molecular weight excluding hydrogens is 528 g/mol. The van der Waals surface area contributed by atoms with Crippen LogP contribution in [-0.4, -0.2) is 21.8 Å². The Kier molecular flexibility index (Phi) is 5.78. The number of hydrogen-bond acceptors (Lipinski definition) is 3. The summed E-state index contributed by atoms with van der Waals surface area (Å²) in [4.78, 5) is 4.70. The van der Waals surface area contributed by atoms with E-state index >= 15 is 0 Å². The Balaban J connectivity index is 1.52. The number of benzene rings is 6. The Labute approximate surface area is 250 Å². The number of rotatable bonds is 5. The zero-order valence-electron chi connectivity index (χ0n) is 23.6. The van der Waals surface area contributed by atoms with Crippen LogP contribution >= 0.6 is 0 Å². The molecule has 4 nitrogen and oxygen atoms in total. The number of para-hydroxylation sites is 2. The van der Waals surface area contributed by atoms with E-state index in [0.29, 0.717) is 5.75 Å². The SMILES string of the molecule is COc1ccc(C2(O)c3c(-c4ccccc4)cccc3-c3cccc(-c4ccccc4)c32)c(-n2cnc3ccccc32)c1. The highest BCUT2D eigenvalue weighted by atomic mass is 16.5. The lowest BCUT2D eigenvalue weighted by Crippen LogP contribution is -2.29. The van der Waals surface area contributed by atoms with Gasteiger partial charge in [0, 0.05) is 22.8 Å². The van der Waals surface area contributed by atoms with Crippen molar-refractivity contribution in [2.24, 2.45) is 0 Å². The van der Waals surface area contributed by atoms with E-state index in [4.69, 9.17) is 9.72 Å². The summed E-state index contributed by atoms with van der Waals surface area (Å²) in [5, 5.41) is 13.7. The van der Waals surface area contributed by atoms with E-state index in [1.807, 2.05) is 79.1 Å². The first kappa shape index (κ1) is 25.3. The van der Waals surface area contributed by atoms with E-state index in [1.54, 1.807) is 7.11 Å². The van der Waals surface area contributed by atoms with Gasteiger partial charge in [-0.2, -0.15) is 0 Å². The van der Waals surface area contributed by atoms with Crippen molar-refractivity contribution in [2.45, 2.75) is 5.60 Å². The van der Waals surface area contributed by atoms with Gasteiger partial charge in [-0.05, 0) is 57.6 Å². The van der Waals surface area contributed by atoms with Crippen LogP contribution in [0.2, 0.25) is 0 Å². The fourth-order valence-electron chi connectivity index (χ4n) is 6.74. The van der Waals surface area contributed by atoms with Crippen LogP contribution in [0.25, 0.3) is 50.1 Å². The van der Waals surface area contributed by atoms with Gasteiger partial charge in [0.1, 0.15) is 17.7 Å². The quantitative estimate of drug-likeness (QED) is 0.231. The van der Waals surface area contributed by atoms with Gasteiger partial charge in [-0.1, -0.05) is 109 Å². The molecule has 0 saturated heterocycles. The molecule has 4 heteroatoms. The summed E-state index contributed by atoms with van der Waals surface area (Å²) in [5.74, 6) is 0.700. The second-order valence-electron chi connectivity index (χ2n) is 10.9. The van der Waals surface area contributed by atoms with Crippen LogP contribution in [0, 0.1) is 0 Å². The molecule has 1 aliphatic carbocycles. The molecule has 0 bridgehead atoms. The van der Waals surface area contributed by atoms with Crippen molar-refractivity contribution in [3.63, 3.8) is 0 Å². The molecule has 1 N–H and O–H groups in total. The van der Waals surface area contributed by atoms with Crippen molar-refractivity contribution in [2.75, 3.05) is 7.11 Å². The smallest absolute Gasteiger partial charge is 0.144 e. The molecule has 0 atom stereocenters. The van der Waals surface area contributed by atoms with Gasteiger partial charge in [0.15, 0.2) is 0 Å². The highest BCUT2D eigenvalue weighted by Gasteiger charge is 2.48. The first-order chi connectivity index (χ1) is 21.2. The highest BCUT2D eigenvalue weighted by Crippen LogP contribution is 2.57.